The Morgan fingerprint density at radius 3 is 2.66 bits per heavy atom. The number of hydrogen-bond acceptors (Lipinski definition) is 7. The zero-order valence-electron chi connectivity index (χ0n) is 16.9. The number of hydrogen-bond donors (Lipinski definition) is 2. The lowest BCUT2D eigenvalue weighted by Crippen LogP contribution is -2.29. The predicted octanol–water partition coefficient (Wildman–Crippen LogP) is 3.25. The molecule has 1 aliphatic rings. The van der Waals surface area contributed by atoms with Crippen LogP contribution in [0.25, 0.3) is 0 Å². The normalized spacial score (nSPS) is 14.8. The second-order valence-electron chi connectivity index (χ2n) is 6.90. The molecule has 0 radical (unpaired) electrons. The first-order chi connectivity index (χ1) is 15.2. The van der Waals surface area contributed by atoms with Gasteiger partial charge in [-0.25, -0.2) is 4.68 Å². The number of carbonyl (C=O) groups excluding carboxylic acids is 2. The van der Waals surface area contributed by atoms with Crippen molar-refractivity contribution < 1.29 is 32.2 Å². The number of rotatable bonds is 7. The molecule has 1 aromatic carbocycles. The summed E-state index contributed by atoms with van der Waals surface area (Å²) in [5.74, 6) is -2.50. The summed E-state index contributed by atoms with van der Waals surface area (Å²) in [7, 11) is 0. The third-order valence-electron chi connectivity index (χ3n) is 4.61. The molecule has 1 fully saturated rings. The van der Waals surface area contributed by atoms with Gasteiger partial charge in [-0.05, 0) is 41.8 Å². The Morgan fingerprint density at radius 2 is 2.00 bits per heavy atom. The molecule has 0 saturated carbocycles. The largest absolute Gasteiger partial charge is 0.573 e. The maximum Gasteiger partial charge on any atom is 0.573 e. The van der Waals surface area contributed by atoms with Crippen LogP contribution in [0, 0.1) is 5.92 Å². The topological polar surface area (TPSA) is 120 Å². The lowest BCUT2D eigenvalue weighted by molar-refractivity contribution is -0.274. The number of nitrogens with one attached hydrogen (secondary N) is 2. The molecule has 14 heteroatoms. The summed E-state index contributed by atoms with van der Waals surface area (Å²) < 4.78 is 49.2. The van der Waals surface area contributed by atoms with Crippen LogP contribution in [0.15, 0.2) is 12.1 Å². The summed E-state index contributed by atoms with van der Waals surface area (Å²) in [5, 5.41) is 15.3. The average Bonchev–Trinajstić information content (AvgIpc) is 3.17. The number of amides is 2. The minimum Gasteiger partial charge on any atom is -0.404 e. The maximum atomic E-state index is 12.9. The van der Waals surface area contributed by atoms with Crippen molar-refractivity contribution in [2.24, 2.45) is 5.92 Å². The number of benzene rings is 1. The van der Waals surface area contributed by atoms with Gasteiger partial charge in [0.05, 0.1) is 10.6 Å². The molecule has 3 rings (SSSR count). The fourth-order valence-corrected chi connectivity index (χ4v) is 3.36. The molecule has 1 aliphatic heterocycles. The molecule has 0 unspecified atom stereocenters. The van der Waals surface area contributed by atoms with E-state index in [4.69, 9.17) is 16.3 Å². The molecule has 0 aliphatic carbocycles. The molecular weight excluding hydrogens is 457 g/mol. The maximum absolute atomic E-state index is 12.9. The third-order valence-corrected chi connectivity index (χ3v) is 5.00. The second kappa shape index (κ2) is 10.1. The van der Waals surface area contributed by atoms with Crippen LogP contribution < -0.4 is 15.4 Å². The standard InChI is InChI=1S/C18H20ClF3N6O4/c1-2-7-28-17(25-26-27-28)24-16(30)11-3-4-12(32-18(20,21)22)14(13(11)19)23-15(29)10-5-8-31-9-6-10/h3-4,10H,2,5-9H2,1H3,(H,23,29)(H,24,25,27,30). The molecule has 2 heterocycles. The number of halogens is 4. The number of carbonyl (C=O) groups is 2. The van der Waals surface area contributed by atoms with E-state index >= 15 is 0 Å². The Labute approximate surface area is 185 Å². The number of anilines is 2. The smallest absolute Gasteiger partial charge is 0.404 e. The summed E-state index contributed by atoms with van der Waals surface area (Å²) >= 11 is 6.26. The Kier molecular flexibility index (Phi) is 7.51. The van der Waals surface area contributed by atoms with Crippen LogP contribution in [-0.4, -0.2) is 51.6 Å². The van der Waals surface area contributed by atoms with Crippen molar-refractivity contribution in [3.63, 3.8) is 0 Å². The highest BCUT2D eigenvalue weighted by Crippen LogP contribution is 2.39. The molecule has 1 saturated heterocycles. The monoisotopic (exact) mass is 476 g/mol. The Bertz CT molecular complexity index is 978. The first-order valence-electron chi connectivity index (χ1n) is 9.74. The minimum absolute atomic E-state index is 0.0383. The summed E-state index contributed by atoms with van der Waals surface area (Å²) in [6.07, 6.45) is -3.54. The van der Waals surface area contributed by atoms with Crippen LogP contribution in [0.5, 0.6) is 5.75 Å². The Balaban J connectivity index is 1.90. The van der Waals surface area contributed by atoms with Crippen molar-refractivity contribution in [3.8, 4) is 5.75 Å². The zero-order valence-corrected chi connectivity index (χ0v) is 17.7. The average molecular weight is 477 g/mol. The van der Waals surface area contributed by atoms with E-state index in [0.717, 1.165) is 12.1 Å². The highest BCUT2D eigenvalue weighted by molar-refractivity contribution is 6.37. The van der Waals surface area contributed by atoms with E-state index in [1.807, 2.05) is 6.92 Å². The summed E-state index contributed by atoms with van der Waals surface area (Å²) in [5.41, 5.74) is -0.657. The first-order valence-corrected chi connectivity index (χ1v) is 10.1. The molecular formula is C18H20ClF3N6O4. The number of alkyl halides is 3. The Hall–Kier alpha value is -2.93. The lowest BCUT2D eigenvalue weighted by atomic mass is 9.99. The van der Waals surface area contributed by atoms with E-state index in [2.05, 4.69) is 30.9 Å². The van der Waals surface area contributed by atoms with E-state index in [1.165, 1.54) is 4.68 Å². The van der Waals surface area contributed by atoms with Crippen LogP contribution in [0.1, 0.15) is 36.5 Å². The van der Waals surface area contributed by atoms with Gasteiger partial charge in [-0.15, -0.1) is 13.2 Å². The van der Waals surface area contributed by atoms with Crippen molar-refractivity contribution in [1.29, 1.82) is 0 Å². The van der Waals surface area contributed by atoms with Gasteiger partial charge in [0.2, 0.25) is 11.9 Å². The molecule has 0 spiro atoms. The van der Waals surface area contributed by atoms with Crippen molar-refractivity contribution in [2.75, 3.05) is 23.8 Å². The number of tetrazole rings is 1. The van der Waals surface area contributed by atoms with Crippen LogP contribution in [0.4, 0.5) is 24.8 Å². The third kappa shape index (κ3) is 5.85. The number of aryl methyl sites for hydroxylation is 1. The number of nitrogens with zero attached hydrogens (tertiary/aromatic N) is 4. The fourth-order valence-electron chi connectivity index (χ4n) is 3.07. The molecule has 2 amide bonds. The SMILES string of the molecule is CCCn1nnnc1NC(=O)c1ccc(OC(F)(F)F)c(NC(=O)C2CCOCC2)c1Cl. The molecule has 2 aromatic rings. The summed E-state index contributed by atoms with van der Waals surface area (Å²) in [4.78, 5) is 25.3. The zero-order chi connectivity index (χ0) is 23.3. The van der Waals surface area contributed by atoms with Crippen LogP contribution in [0.3, 0.4) is 0 Å². The highest BCUT2D eigenvalue weighted by Gasteiger charge is 2.34. The van der Waals surface area contributed by atoms with Crippen molar-refractivity contribution in [2.45, 2.75) is 39.1 Å². The quantitative estimate of drug-likeness (QED) is 0.629. The van der Waals surface area contributed by atoms with Gasteiger partial charge in [0.15, 0.2) is 5.75 Å². The van der Waals surface area contributed by atoms with Gasteiger partial charge >= 0.3 is 6.36 Å². The fraction of sp³-hybridized carbons (Fsp3) is 0.500. The predicted molar refractivity (Wildman–Crippen MR) is 106 cm³/mol. The van der Waals surface area contributed by atoms with Gasteiger partial charge in [-0.2, -0.15) is 0 Å². The van der Waals surface area contributed by atoms with Gasteiger partial charge in [-0.1, -0.05) is 23.6 Å². The Morgan fingerprint density at radius 1 is 1.28 bits per heavy atom. The van der Waals surface area contributed by atoms with Crippen molar-refractivity contribution >= 4 is 35.1 Å². The van der Waals surface area contributed by atoms with Gasteiger partial charge in [-0.3, -0.25) is 14.9 Å². The second-order valence-corrected chi connectivity index (χ2v) is 7.28. The summed E-state index contributed by atoms with van der Waals surface area (Å²) in [6.45, 7) is 3.03. The van der Waals surface area contributed by atoms with Gasteiger partial charge in [0.1, 0.15) is 5.69 Å². The van der Waals surface area contributed by atoms with E-state index in [-0.39, 0.29) is 11.5 Å². The van der Waals surface area contributed by atoms with Crippen LogP contribution in [-0.2, 0) is 16.1 Å². The van der Waals surface area contributed by atoms with Crippen LogP contribution in [0.2, 0.25) is 5.02 Å². The van der Waals surface area contributed by atoms with Gasteiger partial charge in [0.25, 0.3) is 5.91 Å². The molecule has 0 atom stereocenters. The highest BCUT2D eigenvalue weighted by atomic mass is 35.5. The molecule has 10 nitrogen and oxygen atoms in total. The molecule has 1 aromatic heterocycles. The van der Waals surface area contributed by atoms with E-state index in [9.17, 15) is 22.8 Å². The van der Waals surface area contributed by atoms with Gasteiger partial charge < -0.3 is 14.8 Å². The van der Waals surface area contributed by atoms with E-state index in [0.29, 0.717) is 39.0 Å². The van der Waals surface area contributed by atoms with Crippen molar-refractivity contribution in [1.82, 2.24) is 20.2 Å². The van der Waals surface area contributed by atoms with Crippen LogP contribution >= 0.6 is 11.6 Å². The molecule has 0 bridgehead atoms. The van der Waals surface area contributed by atoms with E-state index in [1.54, 1.807) is 0 Å². The molecule has 174 valence electrons. The van der Waals surface area contributed by atoms with E-state index < -0.39 is 40.6 Å². The summed E-state index contributed by atoms with van der Waals surface area (Å²) in [6, 6.07) is 1.96. The number of ether oxygens (including phenoxy) is 2. The molecule has 32 heavy (non-hydrogen) atoms. The minimum atomic E-state index is -5.03. The number of aromatic nitrogens is 4. The molecule has 2 N–H and O–H groups in total. The van der Waals surface area contributed by atoms with Crippen molar-refractivity contribution in [3.05, 3.63) is 22.7 Å². The lowest BCUT2D eigenvalue weighted by Gasteiger charge is -2.23. The van der Waals surface area contributed by atoms with Gasteiger partial charge in [0, 0.05) is 25.7 Å². The first kappa shape index (κ1) is 23.7.